The number of amides is 1. The Bertz CT molecular complexity index is 806. The Kier molecular flexibility index (Phi) is 5.56. The third-order valence-corrected chi connectivity index (χ3v) is 4.87. The maximum atomic E-state index is 12.0. The van der Waals surface area contributed by atoms with Gasteiger partial charge in [-0.05, 0) is 41.8 Å². The summed E-state index contributed by atoms with van der Waals surface area (Å²) in [6.45, 7) is 0. The molecule has 3 rings (SSSR count). The van der Waals surface area contributed by atoms with Crippen LogP contribution in [-0.2, 0) is 11.2 Å². The minimum Gasteiger partial charge on any atom is -0.303 e. The Labute approximate surface area is 154 Å². The van der Waals surface area contributed by atoms with Gasteiger partial charge in [0.25, 0.3) is 0 Å². The summed E-state index contributed by atoms with van der Waals surface area (Å²) in [6, 6.07) is 14.7. The van der Waals surface area contributed by atoms with Crippen LogP contribution in [0.5, 0.6) is 0 Å². The first-order valence-corrected chi connectivity index (χ1v) is 8.82. The average molecular weight is 378 g/mol. The van der Waals surface area contributed by atoms with E-state index in [1.54, 1.807) is 18.3 Å². The van der Waals surface area contributed by atoms with Crippen LogP contribution in [0, 0.1) is 0 Å². The summed E-state index contributed by atoms with van der Waals surface area (Å²) in [6.07, 6.45) is 2.21. The smallest absolute Gasteiger partial charge is 0.239 e. The molecule has 0 radical (unpaired) electrons. The number of carbonyl (C=O) groups excluding carboxylic acids is 1. The quantitative estimate of drug-likeness (QED) is 0.642. The standard InChI is InChI=1S/C17H13Cl2N3OS/c18-13-6-4-11(5-7-13)10-20-22-17-21-16(23)15(24-17)9-12-2-1-3-14(19)8-12/h1-8,10,15H,9H2,(H,21,22,23)/b20-10-/t15-/m1/s1. The molecule has 0 aromatic heterocycles. The fourth-order valence-electron chi connectivity index (χ4n) is 2.16. The van der Waals surface area contributed by atoms with Crippen molar-refractivity contribution in [3.8, 4) is 0 Å². The Morgan fingerprint density at radius 3 is 2.67 bits per heavy atom. The molecule has 24 heavy (non-hydrogen) atoms. The van der Waals surface area contributed by atoms with E-state index in [9.17, 15) is 4.79 Å². The molecule has 1 fully saturated rings. The summed E-state index contributed by atoms with van der Waals surface area (Å²) in [5, 5.41) is 12.4. The van der Waals surface area contributed by atoms with Gasteiger partial charge in [0.05, 0.1) is 11.5 Å². The number of hydrogen-bond acceptors (Lipinski definition) is 4. The first kappa shape index (κ1) is 17.0. The van der Waals surface area contributed by atoms with Crippen molar-refractivity contribution in [2.75, 3.05) is 0 Å². The van der Waals surface area contributed by atoms with E-state index in [4.69, 9.17) is 23.2 Å². The van der Waals surface area contributed by atoms with Gasteiger partial charge in [-0.25, -0.2) is 0 Å². The molecule has 1 amide bonds. The Morgan fingerprint density at radius 2 is 1.92 bits per heavy atom. The third kappa shape index (κ3) is 4.60. The lowest BCUT2D eigenvalue weighted by molar-refractivity contribution is -0.118. The van der Waals surface area contributed by atoms with Crippen LogP contribution < -0.4 is 5.32 Å². The highest BCUT2D eigenvalue weighted by molar-refractivity contribution is 8.15. The van der Waals surface area contributed by atoms with E-state index in [0.29, 0.717) is 21.6 Å². The fourth-order valence-corrected chi connectivity index (χ4v) is 3.47. The van der Waals surface area contributed by atoms with Gasteiger partial charge >= 0.3 is 0 Å². The molecule has 1 heterocycles. The van der Waals surface area contributed by atoms with Crippen LogP contribution in [-0.4, -0.2) is 22.5 Å². The number of hydrogen-bond donors (Lipinski definition) is 1. The average Bonchev–Trinajstić information content (AvgIpc) is 2.89. The van der Waals surface area contributed by atoms with Crippen molar-refractivity contribution in [3.05, 3.63) is 69.7 Å². The summed E-state index contributed by atoms with van der Waals surface area (Å²) in [5.74, 6) is -0.0691. The van der Waals surface area contributed by atoms with Crippen LogP contribution in [0.15, 0.2) is 58.7 Å². The summed E-state index contributed by atoms with van der Waals surface area (Å²) in [7, 11) is 0. The van der Waals surface area contributed by atoms with E-state index in [-0.39, 0.29) is 11.2 Å². The van der Waals surface area contributed by atoms with E-state index >= 15 is 0 Å². The van der Waals surface area contributed by atoms with Crippen molar-refractivity contribution in [1.82, 2.24) is 5.32 Å². The number of nitrogens with zero attached hydrogens (tertiary/aromatic N) is 2. The maximum absolute atomic E-state index is 12.0. The molecular formula is C17H13Cl2N3OS. The second-order valence-corrected chi connectivity index (χ2v) is 7.20. The van der Waals surface area contributed by atoms with E-state index in [0.717, 1.165) is 11.1 Å². The van der Waals surface area contributed by atoms with E-state index in [1.807, 2.05) is 36.4 Å². The molecule has 2 aromatic rings. The molecule has 1 atom stereocenters. The van der Waals surface area contributed by atoms with Crippen molar-refractivity contribution in [1.29, 1.82) is 0 Å². The van der Waals surface area contributed by atoms with Crippen molar-refractivity contribution in [2.45, 2.75) is 11.7 Å². The molecule has 7 heteroatoms. The van der Waals surface area contributed by atoms with Gasteiger partial charge in [0.1, 0.15) is 0 Å². The third-order valence-electron chi connectivity index (χ3n) is 3.31. The molecule has 0 saturated carbocycles. The van der Waals surface area contributed by atoms with Crippen molar-refractivity contribution >= 4 is 52.3 Å². The normalized spacial score (nSPS) is 19.2. The molecule has 0 unspecified atom stereocenters. The highest BCUT2D eigenvalue weighted by Crippen LogP contribution is 2.24. The number of carbonyl (C=O) groups is 1. The summed E-state index contributed by atoms with van der Waals surface area (Å²) < 4.78 is 0. The molecule has 1 saturated heterocycles. The maximum Gasteiger partial charge on any atom is 0.239 e. The summed E-state index contributed by atoms with van der Waals surface area (Å²) in [5.41, 5.74) is 1.90. The number of amidine groups is 1. The lowest BCUT2D eigenvalue weighted by atomic mass is 10.1. The zero-order valence-corrected chi connectivity index (χ0v) is 14.8. The zero-order valence-electron chi connectivity index (χ0n) is 12.4. The molecule has 122 valence electrons. The summed E-state index contributed by atoms with van der Waals surface area (Å²) in [4.78, 5) is 12.0. The second kappa shape index (κ2) is 7.83. The van der Waals surface area contributed by atoms with E-state index < -0.39 is 0 Å². The molecule has 1 aliphatic rings. The van der Waals surface area contributed by atoms with Crippen LogP contribution in [0.3, 0.4) is 0 Å². The van der Waals surface area contributed by atoms with Crippen LogP contribution in [0.25, 0.3) is 0 Å². The van der Waals surface area contributed by atoms with Crippen LogP contribution in [0.4, 0.5) is 0 Å². The Hall–Kier alpha value is -1.82. The lowest BCUT2D eigenvalue weighted by Crippen LogP contribution is -2.25. The van der Waals surface area contributed by atoms with Crippen LogP contribution >= 0.6 is 35.0 Å². The minimum absolute atomic E-state index is 0.0691. The molecule has 0 aliphatic carbocycles. The highest BCUT2D eigenvalue weighted by atomic mass is 35.5. The van der Waals surface area contributed by atoms with Crippen molar-refractivity contribution in [3.63, 3.8) is 0 Å². The molecule has 0 bridgehead atoms. The van der Waals surface area contributed by atoms with E-state index in [1.165, 1.54) is 11.8 Å². The Balaban J connectivity index is 1.62. The molecule has 1 N–H and O–H groups in total. The monoisotopic (exact) mass is 377 g/mol. The van der Waals surface area contributed by atoms with E-state index in [2.05, 4.69) is 15.5 Å². The van der Waals surface area contributed by atoms with Gasteiger partial charge in [0.2, 0.25) is 5.91 Å². The summed E-state index contributed by atoms with van der Waals surface area (Å²) >= 11 is 13.2. The molecular weight excluding hydrogens is 365 g/mol. The van der Waals surface area contributed by atoms with Gasteiger partial charge in [0.15, 0.2) is 5.17 Å². The van der Waals surface area contributed by atoms with Gasteiger partial charge in [-0.2, -0.15) is 5.10 Å². The highest BCUT2D eigenvalue weighted by Gasteiger charge is 2.30. The van der Waals surface area contributed by atoms with Gasteiger partial charge in [0, 0.05) is 10.0 Å². The topological polar surface area (TPSA) is 53.8 Å². The fraction of sp³-hybridized carbons (Fsp3) is 0.118. The SMILES string of the molecule is O=C1N/C(=N\N=C/c2ccc(Cl)cc2)S[C@@H]1Cc1cccc(Cl)c1. The lowest BCUT2D eigenvalue weighted by Gasteiger charge is -2.05. The largest absolute Gasteiger partial charge is 0.303 e. The van der Waals surface area contributed by atoms with Gasteiger partial charge in [-0.1, -0.05) is 59.2 Å². The van der Waals surface area contributed by atoms with Gasteiger partial charge in [-0.15, -0.1) is 5.10 Å². The molecule has 1 aliphatic heterocycles. The second-order valence-electron chi connectivity index (χ2n) is 5.13. The zero-order chi connectivity index (χ0) is 16.9. The van der Waals surface area contributed by atoms with Gasteiger partial charge < -0.3 is 5.32 Å². The first-order chi connectivity index (χ1) is 11.6. The minimum atomic E-state index is -0.229. The number of nitrogens with one attached hydrogen (secondary N) is 1. The van der Waals surface area contributed by atoms with Crippen LogP contribution in [0.1, 0.15) is 11.1 Å². The Morgan fingerprint density at radius 1 is 1.12 bits per heavy atom. The molecule has 4 nitrogen and oxygen atoms in total. The number of halogens is 2. The number of thioether (sulfide) groups is 1. The number of benzene rings is 2. The van der Waals surface area contributed by atoms with Crippen molar-refractivity contribution < 1.29 is 4.79 Å². The molecule has 2 aromatic carbocycles. The number of rotatable bonds is 4. The van der Waals surface area contributed by atoms with Crippen LogP contribution in [0.2, 0.25) is 10.0 Å². The first-order valence-electron chi connectivity index (χ1n) is 7.19. The van der Waals surface area contributed by atoms with Gasteiger partial charge in [-0.3, -0.25) is 4.79 Å². The molecule has 0 spiro atoms. The van der Waals surface area contributed by atoms with Crippen molar-refractivity contribution in [2.24, 2.45) is 10.2 Å². The predicted molar refractivity (Wildman–Crippen MR) is 101 cm³/mol. The predicted octanol–water partition coefficient (Wildman–Crippen LogP) is 4.16.